The Kier molecular flexibility index (Phi) is 3.92. The summed E-state index contributed by atoms with van der Waals surface area (Å²) in [6.45, 7) is 0.406. The third-order valence-electron chi connectivity index (χ3n) is 2.78. The first kappa shape index (κ1) is 14.7. The van der Waals surface area contributed by atoms with E-state index in [-0.39, 0.29) is 5.75 Å². The standard InChI is InChI=1S/C12H14N2O4S2/c1-2-8-19(15,16)13-11-5-3-6-12(10-11)14-7-4-9-20(14,17)18/h1,3,5-6,10,13H,4,7-9H2. The summed E-state index contributed by atoms with van der Waals surface area (Å²) in [6.07, 6.45) is 5.54. The van der Waals surface area contributed by atoms with Crippen LogP contribution in [0.3, 0.4) is 0 Å². The number of hydrogen-bond donors (Lipinski definition) is 1. The topological polar surface area (TPSA) is 83.6 Å². The van der Waals surface area contributed by atoms with Gasteiger partial charge in [0, 0.05) is 6.54 Å². The van der Waals surface area contributed by atoms with Gasteiger partial charge in [-0.1, -0.05) is 12.0 Å². The van der Waals surface area contributed by atoms with E-state index in [2.05, 4.69) is 10.6 Å². The number of nitrogens with one attached hydrogen (secondary N) is 1. The lowest BCUT2D eigenvalue weighted by Crippen LogP contribution is -2.25. The average Bonchev–Trinajstić information content (AvgIpc) is 2.68. The van der Waals surface area contributed by atoms with E-state index in [4.69, 9.17) is 6.42 Å². The van der Waals surface area contributed by atoms with Crippen molar-refractivity contribution in [2.24, 2.45) is 0 Å². The van der Waals surface area contributed by atoms with Crippen molar-refractivity contribution in [3.63, 3.8) is 0 Å². The summed E-state index contributed by atoms with van der Waals surface area (Å²) in [4.78, 5) is 0. The molecule has 8 heteroatoms. The Bertz CT molecular complexity index is 748. The van der Waals surface area contributed by atoms with Gasteiger partial charge in [0.15, 0.2) is 0 Å². The lowest BCUT2D eigenvalue weighted by Gasteiger charge is -2.17. The highest BCUT2D eigenvalue weighted by Crippen LogP contribution is 2.26. The first-order valence-corrected chi connectivity index (χ1v) is 9.15. The van der Waals surface area contributed by atoms with Gasteiger partial charge in [-0.2, -0.15) is 0 Å². The van der Waals surface area contributed by atoms with E-state index in [1.54, 1.807) is 18.2 Å². The van der Waals surface area contributed by atoms with Gasteiger partial charge in [-0.05, 0) is 24.6 Å². The van der Waals surface area contributed by atoms with Crippen LogP contribution < -0.4 is 9.03 Å². The number of terminal acetylenes is 1. The van der Waals surface area contributed by atoms with E-state index in [9.17, 15) is 16.8 Å². The first-order valence-electron chi connectivity index (χ1n) is 5.88. The Labute approximate surface area is 118 Å². The molecule has 20 heavy (non-hydrogen) atoms. The molecule has 6 nitrogen and oxygen atoms in total. The zero-order chi connectivity index (χ0) is 14.8. The molecule has 0 saturated carbocycles. The maximum Gasteiger partial charge on any atom is 0.244 e. The van der Waals surface area contributed by atoms with Crippen molar-refractivity contribution in [1.29, 1.82) is 0 Å². The van der Waals surface area contributed by atoms with Crippen LogP contribution in [-0.4, -0.2) is 34.9 Å². The molecule has 0 aromatic heterocycles. The molecule has 0 unspecified atom stereocenters. The molecule has 1 fully saturated rings. The zero-order valence-corrected chi connectivity index (χ0v) is 12.2. The highest BCUT2D eigenvalue weighted by Gasteiger charge is 2.28. The summed E-state index contributed by atoms with van der Waals surface area (Å²) in [7, 11) is -6.89. The maximum atomic E-state index is 11.8. The smallest absolute Gasteiger partial charge is 0.244 e. The second-order valence-electron chi connectivity index (χ2n) is 4.36. The molecule has 108 valence electrons. The van der Waals surface area contributed by atoms with Gasteiger partial charge < -0.3 is 0 Å². The summed E-state index contributed by atoms with van der Waals surface area (Å²) in [5, 5.41) is 0. The quantitative estimate of drug-likeness (QED) is 0.825. The molecule has 0 spiro atoms. The van der Waals surface area contributed by atoms with Crippen LogP contribution in [0.5, 0.6) is 0 Å². The second-order valence-corrected chi connectivity index (χ2v) is 8.09. The highest BCUT2D eigenvalue weighted by molar-refractivity contribution is 7.93. The maximum absolute atomic E-state index is 11.8. The van der Waals surface area contributed by atoms with Crippen molar-refractivity contribution >= 4 is 31.4 Å². The molecule has 1 saturated heterocycles. The first-order chi connectivity index (χ1) is 9.34. The van der Waals surface area contributed by atoms with E-state index in [0.29, 0.717) is 24.3 Å². The Morgan fingerprint density at radius 3 is 2.75 bits per heavy atom. The number of rotatable bonds is 4. The highest BCUT2D eigenvalue weighted by atomic mass is 32.2. The van der Waals surface area contributed by atoms with E-state index >= 15 is 0 Å². The largest absolute Gasteiger partial charge is 0.283 e. The van der Waals surface area contributed by atoms with E-state index in [0.717, 1.165) is 0 Å². The number of benzene rings is 1. The molecular formula is C12H14N2O4S2. The van der Waals surface area contributed by atoms with E-state index in [1.807, 2.05) is 0 Å². The molecular weight excluding hydrogens is 300 g/mol. The van der Waals surface area contributed by atoms with Gasteiger partial charge in [0.25, 0.3) is 0 Å². The van der Waals surface area contributed by atoms with Gasteiger partial charge in [0.1, 0.15) is 5.75 Å². The van der Waals surface area contributed by atoms with Gasteiger partial charge in [-0.3, -0.25) is 9.03 Å². The Morgan fingerprint density at radius 1 is 1.40 bits per heavy atom. The summed E-state index contributed by atoms with van der Waals surface area (Å²) < 4.78 is 50.4. The minimum Gasteiger partial charge on any atom is -0.283 e. The minimum atomic E-state index is -3.61. The SMILES string of the molecule is C#CCS(=O)(=O)Nc1cccc(N2CCCS2(=O)=O)c1. The van der Waals surface area contributed by atoms with Crippen LogP contribution in [0, 0.1) is 12.3 Å². The molecule has 2 rings (SSSR count). The van der Waals surface area contributed by atoms with E-state index in [1.165, 1.54) is 10.4 Å². The van der Waals surface area contributed by atoms with Gasteiger partial charge >= 0.3 is 0 Å². The number of nitrogens with zero attached hydrogens (tertiary/aromatic N) is 1. The fraction of sp³-hybridized carbons (Fsp3) is 0.333. The third kappa shape index (κ3) is 3.23. The number of anilines is 2. The lowest BCUT2D eigenvalue weighted by molar-refractivity contribution is 0.599. The predicted molar refractivity (Wildman–Crippen MR) is 78.4 cm³/mol. The lowest BCUT2D eigenvalue weighted by atomic mass is 10.3. The van der Waals surface area contributed by atoms with Gasteiger partial charge in [-0.15, -0.1) is 6.42 Å². The molecule has 1 aromatic rings. The summed E-state index contributed by atoms with van der Waals surface area (Å²) in [5.74, 6) is 1.73. The van der Waals surface area contributed by atoms with Crippen LogP contribution >= 0.6 is 0 Å². The van der Waals surface area contributed by atoms with Crippen LogP contribution in [0.2, 0.25) is 0 Å². The van der Waals surface area contributed by atoms with Crippen molar-refractivity contribution < 1.29 is 16.8 Å². The Morgan fingerprint density at radius 2 is 2.15 bits per heavy atom. The molecule has 1 aliphatic rings. The van der Waals surface area contributed by atoms with Crippen LogP contribution in [0.25, 0.3) is 0 Å². The third-order valence-corrected chi connectivity index (χ3v) is 5.74. The monoisotopic (exact) mass is 314 g/mol. The molecule has 1 aliphatic heterocycles. The van der Waals surface area contributed by atoms with Crippen LogP contribution in [0.1, 0.15) is 6.42 Å². The normalized spacial score (nSPS) is 17.6. The molecule has 0 aliphatic carbocycles. The van der Waals surface area contributed by atoms with Crippen LogP contribution in [0.4, 0.5) is 11.4 Å². The van der Waals surface area contributed by atoms with Crippen molar-refractivity contribution in [2.75, 3.05) is 27.1 Å². The fourth-order valence-corrected chi connectivity index (χ4v) is 4.31. The molecule has 0 atom stereocenters. The van der Waals surface area contributed by atoms with E-state index < -0.39 is 25.8 Å². The second kappa shape index (κ2) is 5.34. The Balaban J connectivity index is 2.28. The zero-order valence-electron chi connectivity index (χ0n) is 10.6. The van der Waals surface area contributed by atoms with Gasteiger partial charge in [0.05, 0.1) is 17.1 Å². The number of sulfonamides is 2. The molecule has 0 radical (unpaired) electrons. The molecule has 1 N–H and O–H groups in total. The number of hydrogen-bond acceptors (Lipinski definition) is 4. The Hall–Kier alpha value is -1.72. The van der Waals surface area contributed by atoms with Crippen molar-refractivity contribution in [3.8, 4) is 12.3 Å². The molecule has 0 amide bonds. The average molecular weight is 314 g/mol. The van der Waals surface area contributed by atoms with Crippen LogP contribution in [0.15, 0.2) is 24.3 Å². The summed E-state index contributed by atoms with van der Waals surface area (Å²) in [5.41, 5.74) is 0.739. The molecule has 1 aromatic carbocycles. The molecule has 1 heterocycles. The fourth-order valence-electron chi connectivity index (χ4n) is 1.98. The van der Waals surface area contributed by atoms with Crippen LogP contribution in [-0.2, 0) is 20.0 Å². The van der Waals surface area contributed by atoms with Gasteiger partial charge in [-0.25, -0.2) is 16.8 Å². The van der Waals surface area contributed by atoms with Gasteiger partial charge in [0.2, 0.25) is 20.0 Å². The van der Waals surface area contributed by atoms with Crippen molar-refractivity contribution in [2.45, 2.75) is 6.42 Å². The summed E-state index contributed by atoms with van der Waals surface area (Å²) in [6, 6.07) is 6.25. The minimum absolute atomic E-state index is 0.111. The van der Waals surface area contributed by atoms with Crippen molar-refractivity contribution in [1.82, 2.24) is 0 Å². The van der Waals surface area contributed by atoms with Crippen molar-refractivity contribution in [3.05, 3.63) is 24.3 Å². The predicted octanol–water partition coefficient (Wildman–Crippen LogP) is 0.601. The summed E-state index contributed by atoms with van der Waals surface area (Å²) >= 11 is 0. The molecule has 0 bridgehead atoms.